The lowest BCUT2D eigenvalue weighted by Crippen LogP contribution is -2.38. The third-order valence-corrected chi connectivity index (χ3v) is 4.54. The van der Waals surface area contributed by atoms with Gasteiger partial charge in [0.25, 0.3) is 5.91 Å². The minimum Gasteiger partial charge on any atom is -0.339 e. The van der Waals surface area contributed by atoms with E-state index < -0.39 is 0 Å². The smallest absolute Gasteiger partial charge is 0.254 e. The maximum absolute atomic E-state index is 12.6. The summed E-state index contributed by atoms with van der Waals surface area (Å²) in [5, 5.41) is 0. The fraction of sp³-hybridized carbons (Fsp3) is 0.444. The quantitative estimate of drug-likeness (QED) is 0.841. The number of benzene rings is 1. The van der Waals surface area contributed by atoms with Gasteiger partial charge in [0.05, 0.1) is 0 Å². The molecule has 4 heteroatoms. The second-order valence-electron chi connectivity index (χ2n) is 6.04. The average molecular weight is 298 g/mol. The number of aryl methyl sites for hydroxylation is 1. The van der Waals surface area contributed by atoms with E-state index in [0.29, 0.717) is 19.5 Å². The van der Waals surface area contributed by atoms with Gasteiger partial charge in [0.2, 0.25) is 5.91 Å². The van der Waals surface area contributed by atoms with Crippen LogP contribution in [-0.4, -0.2) is 47.8 Å². The molecule has 0 aliphatic carbocycles. The van der Waals surface area contributed by atoms with Crippen LogP contribution in [0, 0.1) is 6.92 Å². The molecule has 2 amide bonds. The number of nitrogens with zero attached hydrogens (tertiary/aromatic N) is 2. The van der Waals surface area contributed by atoms with E-state index in [9.17, 15) is 9.59 Å². The largest absolute Gasteiger partial charge is 0.339 e. The summed E-state index contributed by atoms with van der Waals surface area (Å²) in [5.41, 5.74) is 2.62. The van der Waals surface area contributed by atoms with E-state index in [1.54, 1.807) is 0 Å². The van der Waals surface area contributed by atoms with Gasteiger partial charge in [-0.15, -0.1) is 0 Å². The Morgan fingerprint density at radius 2 is 1.68 bits per heavy atom. The van der Waals surface area contributed by atoms with Crippen molar-refractivity contribution in [1.29, 1.82) is 0 Å². The third-order valence-electron chi connectivity index (χ3n) is 4.54. The molecule has 4 nitrogen and oxygen atoms in total. The molecule has 1 saturated heterocycles. The van der Waals surface area contributed by atoms with Gasteiger partial charge >= 0.3 is 0 Å². The van der Waals surface area contributed by atoms with Crippen molar-refractivity contribution in [2.24, 2.45) is 0 Å². The average Bonchev–Trinajstić information content (AvgIpc) is 3.09. The highest BCUT2D eigenvalue weighted by Gasteiger charge is 2.26. The maximum atomic E-state index is 12.6. The molecule has 116 valence electrons. The second kappa shape index (κ2) is 6.34. The van der Waals surface area contributed by atoms with E-state index in [4.69, 9.17) is 0 Å². The lowest BCUT2D eigenvalue weighted by Gasteiger charge is -2.28. The van der Waals surface area contributed by atoms with Gasteiger partial charge in [0.1, 0.15) is 0 Å². The molecule has 0 saturated carbocycles. The van der Waals surface area contributed by atoms with Crippen LogP contribution in [0.25, 0.3) is 0 Å². The van der Waals surface area contributed by atoms with Crippen molar-refractivity contribution in [1.82, 2.24) is 9.80 Å². The fourth-order valence-corrected chi connectivity index (χ4v) is 3.15. The molecule has 2 aliphatic heterocycles. The molecule has 1 fully saturated rings. The molecule has 2 heterocycles. The van der Waals surface area contributed by atoms with Gasteiger partial charge in [-0.2, -0.15) is 0 Å². The Kier molecular flexibility index (Phi) is 4.27. The van der Waals surface area contributed by atoms with E-state index in [1.165, 1.54) is 0 Å². The van der Waals surface area contributed by atoms with E-state index in [1.807, 2.05) is 47.1 Å². The molecular weight excluding hydrogens is 276 g/mol. The van der Waals surface area contributed by atoms with Crippen LogP contribution in [0.3, 0.4) is 0 Å². The van der Waals surface area contributed by atoms with Crippen molar-refractivity contribution in [2.45, 2.75) is 26.2 Å². The molecular formula is C18H22N2O2. The minimum absolute atomic E-state index is 0.0574. The monoisotopic (exact) mass is 298 g/mol. The number of hydrogen-bond acceptors (Lipinski definition) is 2. The number of amides is 2. The van der Waals surface area contributed by atoms with Gasteiger partial charge < -0.3 is 9.80 Å². The van der Waals surface area contributed by atoms with Crippen LogP contribution in [0.1, 0.15) is 35.2 Å². The zero-order valence-corrected chi connectivity index (χ0v) is 13.0. The summed E-state index contributed by atoms with van der Waals surface area (Å²) in [6.45, 7) is 4.86. The molecule has 22 heavy (non-hydrogen) atoms. The van der Waals surface area contributed by atoms with E-state index >= 15 is 0 Å². The second-order valence-corrected chi connectivity index (χ2v) is 6.04. The maximum Gasteiger partial charge on any atom is 0.254 e. The Labute approximate surface area is 131 Å². The molecule has 0 spiro atoms. The highest BCUT2D eigenvalue weighted by Crippen LogP contribution is 2.19. The Morgan fingerprint density at radius 1 is 0.955 bits per heavy atom. The predicted molar refractivity (Wildman–Crippen MR) is 85.6 cm³/mol. The SMILES string of the molecule is Cc1ccccc1C(=O)N1CC=C(C(=O)N2CCCC2)CC1. The summed E-state index contributed by atoms with van der Waals surface area (Å²) in [7, 11) is 0. The first-order valence-corrected chi connectivity index (χ1v) is 8.00. The predicted octanol–water partition coefficient (Wildman–Crippen LogP) is 2.39. The highest BCUT2D eigenvalue weighted by molar-refractivity contribution is 5.97. The summed E-state index contributed by atoms with van der Waals surface area (Å²) < 4.78 is 0. The number of carbonyl (C=O) groups excluding carboxylic acids is 2. The lowest BCUT2D eigenvalue weighted by molar-refractivity contribution is -0.126. The van der Waals surface area contributed by atoms with Gasteiger partial charge in [0, 0.05) is 37.3 Å². The van der Waals surface area contributed by atoms with E-state index in [2.05, 4.69) is 0 Å². The van der Waals surface area contributed by atoms with Gasteiger partial charge in [-0.05, 0) is 37.8 Å². The Bertz CT molecular complexity index is 615. The van der Waals surface area contributed by atoms with Crippen LogP contribution >= 0.6 is 0 Å². The van der Waals surface area contributed by atoms with Crippen LogP contribution in [0.15, 0.2) is 35.9 Å². The molecule has 2 aliphatic rings. The van der Waals surface area contributed by atoms with Crippen molar-refractivity contribution in [3.8, 4) is 0 Å². The Hall–Kier alpha value is -2.10. The van der Waals surface area contributed by atoms with E-state index in [-0.39, 0.29) is 11.8 Å². The van der Waals surface area contributed by atoms with Crippen molar-refractivity contribution in [3.63, 3.8) is 0 Å². The lowest BCUT2D eigenvalue weighted by atomic mass is 10.0. The van der Waals surface area contributed by atoms with Crippen molar-refractivity contribution in [2.75, 3.05) is 26.2 Å². The summed E-state index contributed by atoms with van der Waals surface area (Å²) in [4.78, 5) is 28.7. The summed E-state index contributed by atoms with van der Waals surface area (Å²) >= 11 is 0. The zero-order chi connectivity index (χ0) is 15.5. The van der Waals surface area contributed by atoms with Crippen LogP contribution in [0.5, 0.6) is 0 Å². The summed E-state index contributed by atoms with van der Waals surface area (Å²) in [6.07, 6.45) is 4.81. The molecule has 1 aromatic rings. The van der Waals surface area contributed by atoms with Gasteiger partial charge in [-0.3, -0.25) is 9.59 Å². The van der Waals surface area contributed by atoms with E-state index in [0.717, 1.165) is 42.6 Å². The highest BCUT2D eigenvalue weighted by atomic mass is 16.2. The normalized spacial score (nSPS) is 18.3. The topological polar surface area (TPSA) is 40.6 Å². The van der Waals surface area contributed by atoms with Crippen molar-refractivity contribution in [3.05, 3.63) is 47.0 Å². The number of rotatable bonds is 2. The fourth-order valence-electron chi connectivity index (χ4n) is 3.15. The number of likely N-dealkylation sites (tertiary alicyclic amines) is 1. The summed E-state index contributed by atoms with van der Waals surface area (Å²) in [6, 6.07) is 7.65. The van der Waals surface area contributed by atoms with Crippen LogP contribution in [-0.2, 0) is 4.79 Å². The minimum atomic E-state index is 0.0574. The van der Waals surface area contributed by atoms with Crippen LogP contribution in [0.4, 0.5) is 0 Å². The molecule has 1 aromatic carbocycles. The molecule has 0 bridgehead atoms. The van der Waals surface area contributed by atoms with Crippen molar-refractivity contribution >= 4 is 11.8 Å². The molecule has 0 radical (unpaired) electrons. The molecule has 3 rings (SSSR count). The molecule has 0 aromatic heterocycles. The van der Waals surface area contributed by atoms with Gasteiger partial charge in [-0.25, -0.2) is 0 Å². The number of hydrogen-bond donors (Lipinski definition) is 0. The molecule has 0 unspecified atom stereocenters. The Balaban J connectivity index is 1.66. The zero-order valence-electron chi connectivity index (χ0n) is 13.0. The van der Waals surface area contributed by atoms with Gasteiger partial charge in [-0.1, -0.05) is 24.3 Å². The first-order chi connectivity index (χ1) is 10.7. The molecule has 0 atom stereocenters. The molecule has 0 N–H and O–H groups in total. The van der Waals surface area contributed by atoms with Gasteiger partial charge in [0.15, 0.2) is 0 Å². The van der Waals surface area contributed by atoms with Crippen molar-refractivity contribution < 1.29 is 9.59 Å². The number of carbonyl (C=O) groups is 2. The third kappa shape index (κ3) is 2.91. The standard InChI is InChI=1S/C18H22N2O2/c1-14-6-2-3-7-16(14)18(22)20-12-8-15(9-13-20)17(21)19-10-4-5-11-19/h2-3,6-8H,4-5,9-13H2,1H3. The first kappa shape index (κ1) is 14.8. The van der Waals surface area contributed by atoms with Crippen LogP contribution < -0.4 is 0 Å². The van der Waals surface area contributed by atoms with Crippen LogP contribution in [0.2, 0.25) is 0 Å². The first-order valence-electron chi connectivity index (χ1n) is 8.00. The Morgan fingerprint density at radius 3 is 2.32 bits per heavy atom. The summed E-state index contributed by atoms with van der Waals surface area (Å²) in [5.74, 6) is 0.225.